The molecule has 7 nitrogen and oxygen atoms in total. The number of nitrogens with zero attached hydrogens (tertiary/aromatic N) is 3. The van der Waals surface area contributed by atoms with E-state index in [1.54, 1.807) is 30.3 Å². The zero-order valence-electron chi connectivity index (χ0n) is 13.5. The maximum Gasteiger partial charge on any atom is 0.251 e. The summed E-state index contributed by atoms with van der Waals surface area (Å²) in [6.07, 6.45) is 5.73. The van der Waals surface area contributed by atoms with E-state index in [-0.39, 0.29) is 18.0 Å². The van der Waals surface area contributed by atoms with E-state index in [4.69, 9.17) is 9.47 Å². The van der Waals surface area contributed by atoms with Gasteiger partial charge in [-0.3, -0.25) is 4.79 Å². The van der Waals surface area contributed by atoms with Crippen LogP contribution in [0.25, 0.3) is 0 Å². The Hall–Kier alpha value is -2.41. The molecule has 1 aromatic heterocycles. The molecule has 1 amide bonds. The third kappa shape index (κ3) is 2.87. The lowest BCUT2D eigenvalue weighted by Crippen LogP contribution is -2.41. The Morgan fingerprint density at radius 2 is 2.25 bits per heavy atom. The molecule has 126 valence electrons. The van der Waals surface area contributed by atoms with Crippen molar-refractivity contribution in [2.75, 3.05) is 20.3 Å². The van der Waals surface area contributed by atoms with E-state index in [0.29, 0.717) is 24.7 Å². The van der Waals surface area contributed by atoms with Gasteiger partial charge in [-0.15, -0.1) is 5.10 Å². The molecular formula is C17H20N4O3. The molecular weight excluding hydrogens is 308 g/mol. The molecule has 1 saturated heterocycles. The summed E-state index contributed by atoms with van der Waals surface area (Å²) in [4.78, 5) is 12.7. The fourth-order valence-corrected chi connectivity index (χ4v) is 3.18. The van der Waals surface area contributed by atoms with Crippen molar-refractivity contribution in [3.63, 3.8) is 0 Å². The third-order valence-corrected chi connectivity index (χ3v) is 4.66. The molecule has 2 heterocycles. The first kappa shape index (κ1) is 15.1. The van der Waals surface area contributed by atoms with E-state index in [1.807, 2.05) is 12.1 Å². The van der Waals surface area contributed by atoms with Gasteiger partial charge in [0.2, 0.25) is 0 Å². The number of ether oxygens (including phenoxy) is 2. The Labute approximate surface area is 139 Å². The van der Waals surface area contributed by atoms with Crippen LogP contribution in [-0.2, 0) is 4.74 Å². The van der Waals surface area contributed by atoms with Crippen LogP contribution < -0.4 is 10.1 Å². The van der Waals surface area contributed by atoms with Crippen LogP contribution in [0, 0.1) is 0 Å². The second kappa shape index (κ2) is 6.24. The molecule has 1 N–H and O–H groups in total. The van der Waals surface area contributed by atoms with Crippen molar-refractivity contribution in [1.29, 1.82) is 0 Å². The molecule has 0 spiro atoms. The maximum atomic E-state index is 12.7. The van der Waals surface area contributed by atoms with Gasteiger partial charge >= 0.3 is 0 Å². The first-order valence-corrected chi connectivity index (χ1v) is 8.18. The van der Waals surface area contributed by atoms with Gasteiger partial charge in [0.05, 0.1) is 38.6 Å². The molecule has 2 aliphatic rings. The van der Waals surface area contributed by atoms with Gasteiger partial charge in [0.15, 0.2) is 0 Å². The molecule has 4 rings (SSSR count). The molecule has 2 atom stereocenters. The molecule has 1 saturated carbocycles. The van der Waals surface area contributed by atoms with Gasteiger partial charge in [0.1, 0.15) is 5.75 Å². The summed E-state index contributed by atoms with van der Waals surface area (Å²) in [6.45, 7) is 0.992. The molecule has 1 aliphatic heterocycles. The average Bonchev–Trinajstić information content (AvgIpc) is 3.11. The van der Waals surface area contributed by atoms with Crippen molar-refractivity contribution in [1.82, 2.24) is 20.3 Å². The minimum Gasteiger partial charge on any atom is -0.496 e. The molecule has 2 aromatic rings. The van der Waals surface area contributed by atoms with Crippen molar-refractivity contribution < 1.29 is 14.3 Å². The zero-order valence-corrected chi connectivity index (χ0v) is 13.5. The van der Waals surface area contributed by atoms with E-state index in [2.05, 4.69) is 15.6 Å². The van der Waals surface area contributed by atoms with Gasteiger partial charge in [-0.05, 0) is 42.5 Å². The van der Waals surface area contributed by atoms with Crippen LogP contribution in [0.1, 0.15) is 40.7 Å². The summed E-state index contributed by atoms with van der Waals surface area (Å²) in [5.41, 5.74) is 1.78. The SMILES string of the molecule is COc1ccc(C(=O)N[C@H]2COC[C@H]2n2ccnn2)cc1C1CC1. The molecule has 7 heteroatoms. The van der Waals surface area contributed by atoms with Gasteiger partial charge in [-0.2, -0.15) is 0 Å². The van der Waals surface area contributed by atoms with Crippen molar-refractivity contribution >= 4 is 5.91 Å². The van der Waals surface area contributed by atoms with Crippen LogP contribution in [0.3, 0.4) is 0 Å². The van der Waals surface area contributed by atoms with Crippen molar-refractivity contribution in [3.05, 3.63) is 41.7 Å². The molecule has 1 aromatic carbocycles. The lowest BCUT2D eigenvalue weighted by molar-refractivity contribution is 0.0924. The van der Waals surface area contributed by atoms with Crippen LogP contribution in [0.4, 0.5) is 0 Å². The number of benzene rings is 1. The smallest absolute Gasteiger partial charge is 0.251 e. The summed E-state index contributed by atoms with van der Waals surface area (Å²) in [5.74, 6) is 1.28. The summed E-state index contributed by atoms with van der Waals surface area (Å²) in [6, 6.07) is 5.48. The van der Waals surface area contributed by atoms with E-state index in [1.165, 1.54) is 0 Å². The van der Waals surface area contributed by atoms with Crippen LogP contribution in [-0.4, -0.2) is 47.3 Å². The first-order valence-electron chi connectivity index (χ1n) is 8.18. The highest BCUT2D eigenvalue weighted by Gasteiger charge is 2.32. The highest BCUT2D eigenvalue weighted by atomic mass is 16.5. The van der Waals surface area contributed by atoms with Crippen LogP contribution in [0.2, 0.25) is 0 Å². The predicted octanol–water partition coefficient (Wildman–Crippen LogP) is 1.53. The fourth-order valence-electron chi connectivity index (χ4n) is 3.18. The molecule has 2 fully saturated rings. The quantitative estimate of drug-likeness (QED) is 0.901. The maximum absolute atomic E-state index is 12.7. The minimum absolute atomic E-state index is 0.0300. The molecule has 24 heavy (non-hydrogen) atoms. The zero-order chi connectivity index (χ0) is 16.5. The fraction of sp³-hybridized carbons (Fsp3) is 0.471. The van der Waals surface area contributed by atoms with Gasteiger partial charge in [0, 0.05) is 11.8 Å². The van der Waals surface area contributed by atoms with Crippen molar-refractivity contribution in [2.45, 2.75) is 30.8 Å². The molecule has 0 unspecified atom stereocenters. The summed E-state index contributed by atoms with van der Waals surface area (Å²) in [7, 11) is 1.67. The number of hydrogen-bond acceptors (Lipinski definition) is 5. The normalized spacial score (nSPS) is 23.2. The summed E-state index contributed by atoms with van der Waals surface area (Å²) >= 11 is 0. The standard InChI is InChI=1S/C17H20N4O3/c1-23-16-5-4-12(8-13(16)11-2-3-11)17(22)19-14-9-24-10-15(14)21-7-6-18-20-21/h4-8,11,14-15H,2-3,9-10H2,1H3,(H,19,22)/t14-,15+/m0/s1. The second-order valence-corrected chi connectivity index (χ2v) is 6.30. The highest BCUT2D eigenvalue weighted by molar-refractivity contribution is 5.95. The van der Waals surface area contributed by atoms with E-state index in [9.17, 15) is 4.79 Å². The average molecular weight is 328 g/mol. The molecule has 0 bridgehead atoms. The Bertz CT molecular complexity index is 727. The van der Waals surface area contributed by atoms with Gasteiger partial charge < -0.3 is 14.8 Å². The number of carbonyl (C=O) groups is 1. The lowest BCUT2D eigenvalue weighted by atomic mass is 10.0. The Balaban J connectivity index is 1.51. The molecule has 0 radical (unpaired) electrons. The predicted molar refractivity (Wildman–Crippen MR) is 86.1 cm³/mol. The number of hydrogen-bond donors (Lipinski definition) is 1. The van der Waals surface area contributed by atoms with E-state index in [0.717, 1.165) is 24.2 Å². The minimum atomic E-state index is -0.120. The van der Waals surface area contributed by atoms with E-state index >= 15 is 0 Å². The second-order valence-electron chi connectivity index (χ2n) is 6.30. The van der Waals surface area contributed by atoms with Crippen molar-refractivity contribution in [2.24, 2.45) is 0 Å². The number of carbonyl (C=O) groups excluding carboxylic acids is 1. The van der Waals surface area contributed by atoms with Gasteiger partial charge in [-0.25, -0.2) is 4.68 Å². The van der Waals surface area contributed by atoms with Crippen LogP contribution >= 0.6 is 0 Å². The first-order chi connectivity index (χ1) is 11.8. The monoisotopic (exact) mass is 328 g/mol. The number of aromatic nitrogens is 3. The largest absolute Gasteiger partial charge is 0.496 e. The lowest BCUT2D eigenvalue weighted by Gasteiger charge is -2.19. The van der Waals surface area contributed by atoms with Crippen LogP contribution in [0.5, 0.6) is 5.75 Å². The van der Waals surface area contributed by atoms with Gasteiger partial charge in [-0.1, -0.05) is 5.21 Å². The third-order valence-electron chi connectivity index (χ3n) is 4.66. The Morgan fingerprint density at radius 3 is 2.96 bits per heavy atom. The molecule has 1 aliphatic carbocycles. The number of amides is 1. The highest BCUT2D eigenvalue weighted by Crippen LogP contribution is 2.44. The van der Waals surface area contributed by atoms with E-state index < -0.39 is 0 Å². The number of nitrogens with one attached hydrogen (secondary N) is 1. The van der Waals surface area contributed by atoms with Crippen molar-refractivity contribution in [3.8, 4) is 5.75 Å². The topological polar surface area (TPSA) is 78.3 Å². The summed E-state index contributed by atoms with van der Waals surface area (Å²) < 4.78 is 12.7. The van der Waals surface area contributed by atoms with Gasteiger partial charge in [0.25, 0.3) is 5.91 Å². The number of methoxy groups -OCH3 is 1. The summed E-state index contributed by atoms with van der Waals surface area (Å²) in [5, 5.41) is 10.9. The Kier molecular flexibility index (Phi) is 3.93. The Morgan fingerprint density at radius 1 is 1.38 bits per heavy atom. The number of rotatable bonds is 5. The van der Waals surface area contributed by atoms with Crippen LogP contribution in [0.15, 0.2) is 30.6 Å².